The maximum absolute atomic E-state index is 11.5. The second kappa shape index (κ2) is 8.59. The molecular weight excluding hydrogens is 252 g/mol. The first-order chi connectivity index (χ1) is 9.52. The molecule has 1 aromatic rings. The van der Waals surface area contributed by atoms with Crippen molar-refractivity contribution < 1.29 is 9.90 Å². The molecule has 0 radical (unpaired) electrons. The zero-order chi connectivity index (χ0) is 15.0. The summed E-state index contributed by atoms with van der Waals surface area (Å²) in [5.74, 6) is 0. The fourth-order valence-corrected chi connectivity index (χ4v) is 2.15. The van der Waals surface area contributed by atoms with Crippen LogP contribution in [-0.4, -0.2) is 30.3 Å². The Morgan fingerprint density at radius 3 is 2.70 bits per heavy atom. The fourth-order valence-electron chi connectivity index (χ4n) is 2.15. The molecule has 3 N–H and O–H groups in total. The Morgan fingerprint density at radius 1 is 1.30 bits per heavy atom. The third kappa shape index (κ3) is 6.06. The molecule has 112 valence electrons. The number of hydrogen-bond donors (Lipinski definition) is 3. The quantitative estimate of drug-likeness (QED) is 0.716. The van der Waals surface area contributed by atoms with Crippen LogP contribution >= 0.6 is 0 Å². The summed E-state index contributed by atoms with van der Waals surface area (Å²) in [4.78, 5) is 11.5. The van der Waals surface area contributed by atoms with Gasteiger partial charge in [-0.2, -0.15) is 0 Å². The van der Waals surface area contributed by atoms with E-state index in [1.54, 1.807) is 0 Å². The molecule has 4 nitrogen and oxygen atoms in total. The predicted octanol–water partition coefficient (Wildman–Crippen LogP) is 2.31. The number of amides is 2. The van der Waals surface area contributed by atoms with Crippen LogP contribution in [0.4, 0.5) is 4.79 Å². The Kier molecular flexibility index (Phi) is 7.09. The van der Waals surface area contributed by atoms with E-state index in [-0.39, 0.29) is 6.03 Å². The van der Waals surface area contributed by atoms with Crippen molar-refractivity contribution >= 4 is 6.03 Å². The summed E-state index contributed by atoms with van der Waals surface area (Å²) in [5, 5.41) is 15.0. The minimum absolute atomic E-state index is 0.218. The standard InChI is InChI=1S/C16H26N2O2/c1-4-5-15(19)11-18-16(20)17-9-8-14-7-6-12(2)10-13(14)3/h6-7,10,15,19H,4-5,8-9,11H2,1-3H3,(H2,17,18,20). The van der Waals surface area contributed by atoms with Crippen LogP contribution in [0.5, 0.6) is 0 Å². The maximum Gasteiger partial charge on any atom is 0.314 e. The SMILES string of the molecule is CCCC(O)CNC(=O)NCCc1ccc(C)cc1C. The Morgan fingerprint density at radius 2 is 2.05 bits per heavy atom. The van der Waals surface area contributed by atoms with Crippen LogP contribution < -0.4 is 10.6 Å². The summed E-state index contributed by atoms with van der Waals surface area (Å²) in [5.41, 5.74) is 3.76. The van der Waals surface area contributed by atoms with Gasteiger partial charge in [0.15, 0.2) is 0 Å². The monoisotopic (exact) mass is 278 g/mol. The van der Waals surface area contributed by atoms with Crippen LogP contribution in [0.25, 0.3) is 0 Å². The van der Waals surface area contributed by atoms with Crippen LogP contribution in [-0.2, 0) is 6.42 Å². The molecule has 0 bridgehead atoms. The number of benzene rings is 1. The Hall–Kier alpha value is -1.55. The van der Waals surface area contributed by atoms with Crippen LogP contribution in [0.1, 0.15) is 36.5 Å². The first-order valence-corrected chi connectivity index (χ1v) is 7.28. The van der Waals surface area contributed by atoms with Crippen LogP contribution in [0.3, 0.4) is 0 Å². The molecule has 0 saturated heterocycles. The van der Waals surface area contributed by atoms with E-state index in [4.69, 9.17) is 0 Å². The van der Waals surface area contributed by atoms with Crippen molar-refractivity contribution in [2.24, 2.45) is 0 Å². The normalized spacial score (nSPS) is 12.0. The number of aryl methyl sites for hydroxylation is 2. The topological polar surface area (TPSA) is 61.4 Å². The highest BCUT2D eigenvalue weighted by Gasteiger charge is 2.05. The van der Waals surface area contributed by atoms with Gasteiger partial charge in [0.2, 0.25) is 0 Å². The number of aliphatic hydroxyl groups excluding tert-OH is 1. The van der Waals surface area contributed by atoms with Gasteiger partial charge in [0.25, 0.3) is 0 Å². The summed E-state index contributed by atoms with van der Waals surface area (Å²) in [6, 6.07) is 6.12. The molecule has 0 aliphatic carbocycles. The van der Waals surface area contributed by atoms with Gasteiger partial charge in [-0.1, -0.05) is 37.1 Å². The lowest BCUT2D eigenvalue weighted by Crippen LogP contribution is -2.40. The predicted molar refractivity (Wildman–Crippen MR) is 81.9 cm³/mol. The lowest BCUT2D eigenvalue weighted by molar-refractivity contribution is 0.160. The molecule has 0 aliphatic heterocycles. The van der Waals surface area contributed by atoms with Gasteiger partial charge in [0.1, 0.15) is 0 Å². The van der Waals surface area contributed by atoms with Gasteiger partial charge in [0.05, 0.1) is 6.10 Å². The first-order valence-electron chi connectivity index (χ1n) is 7.28. The second-order valence-corrected chi connectivity index (χ2v) is 5.26. The van der Waals surface area contributed by atoms with E-state index in [0.29, 0.717) is 19.5 Å². The van der Waals surface area contributed by atoms with Gasteiger partial charge in [-0.25, -0.2) is 4.79 Å². The number of carbonyl (C=O) groups excluding carboxylic acids is 1. The molecule has 0 spiro atoms. The lowest BCUT2D eigenvalue weighted by Gasteiger charge is -2.12. The fraction of sp³-hybridized carbons (Fsp3) is 0.562. The van der Waals surface area contributed by atoms with Gasteiger partial charge in [-0.3, -0.25) is 0 Å². The number of hydrogen-bond acceptors (Lipinski definition) is 2. The van der Waals surface area contributed by atoms with E-state index in [1.165, 1.54) is 16.7 Å². The van der Waals surface area contributed by atoms with Crippen molar-refractivity contribution in [3.05, 3.63) is 34.9 Å². The molecule has 0 saturated carbocycles. The molecule has 0 aromatic heterocycles. The molecule has 1 rings (SSSR count). The molecule has 1 unspecified atom stereocenters. The van der Waals surface area contributed by atoms with Crippen LogP contribution in [0, 0.1) is 13.8 Å². The third-order valence-corrected chi connectivity index (χ3v) is 3.30. The average molecular weight is 278 g/mol. The van der Waals surface area contributed by atoms with Crippen molar-refractivity contribution in [1.29, 1.82) is 0 Å². The van der Waals surface area contributed by atoms with Crippen LogP contribution in [0.15, 0.2) is 18.2 Å². The van der Waals surface area contributed by atoms with Gasteiger partial charge in [-0.15, -0.1) is 0 Å². The highest BCUT2D eigenvalue weighted by atomic mass is 16.3. The van der Waals surface area contributed by atoms with E-state index in [1.807, 2.05) is 6.92 Å². The molecule has 20 heavy (non-hydrogen) atoms. The molecule has 2 amide bonds. The van der Waals surface area contributed by atoms with Gasteiger partial charge in [-0.05, 0) is 37.8 Å². The molecule has 0 heterocycles. The molecule has 1 aromatic carbocycles. The Labute approximate surface area is 121 Å². The third-order valence-electron chi connectivity index (χ3n) is 3.30. The van der Waals surface area contributed by atoms with Crippen molar-refractivity contribution in [3.8, 4) is 0 Å². The van der Waals surface area contributed by atoms with E-state index >= 15 is 0 Å². The van der Waals surface area contributed by atoms with Gasteiger partial charge >= 0.3 is 6.03 Å². The zero-order valence-corrected chi connectivity index (χ0v) is 12.7. The van der Waals surface area contributed by atoms with E-state index in [9.17, 15) is 9.90 Å². The largest absolute Gasteiger partial charge is 0.391 e. The van der Waals surface area contributed by atoms with E-state index in [2.05, 4.69) is 42.7 Å². The minimum Gasteiger partial charge on any atom is -0.391 e. The smallest absolute Gasteiger partial charge is 0.314 e. The Bertz CT molecular complexity index is 432. The molecule has 0 fully saturated rings. The summed E-state index contributed by atoms with van der Waals surface area (Å²) in [7, 11) is 0. The lowest BCUT2D eigenvalue weighted by atomic mass is 10.0. The second-order valence-electron chi connectivity index (χ2n) is 5.26. The molecule has 0 aliphatic rings. The zero-order valence-electron chi connectivity index (χ0n) is 12.7. The molecule has 1 atom stereocenters. The van der Waals surface area contributed by atoms with Crippen molar-refractivity contribution in [2.75, 3.05) is 13.1 Å². The van der Waals surface area contributed by atoms with E-state index < -0.39 is 6.10 Å². The summed E-state index contributed by atoms with van der Waals surface area (Å²) in [6.07, 6.45) is 1.99. The van der Waals surface area contributed by atoms with Crippen molar-refractivity contribution in [3.63, 3.8) is 0 Å². The number of carbonyl (C=O) groups is 1. The van der Waals surface area contributed by atoms with E-state index in [0.717, 1.165) is 12.8 Å². The highest BCUT2D eigenvalue weighted by Crippen LogP contribution is 2.10. The molecular formula is C16H26N2O2. The summed E-state index contributed by atoms with van der Waals surface area (Å²) >= 11 is 0. The van der Waals surface area contributed by atoms with Gasteiger partial charge < -0.3 is 15.7 Å². The van der Waals surface area contributed by atoms with Crippen molar-refractivity contribution in [2.45, 2.75) is 46.1 Å². The number of urea groups is 1. The Balaban J connectivity index is 2.24. The van der Waals surface area contributed by atoms with Crippen molar-refractivity contribution in [1.82, 2.24) is 10.6 Å². The summed E-state index contributed by atoms with van der Waals surface area (Å²) in [6.45, 7) is 7.07. The minimum atomic E-state index is -0.454. The number of nitrogens with one attached hydrogen (secondary N) is 2. The molecule has 4 heteroatoms. The highest BCUT2D eigenvalue weighted by molar-refractivity contribution is 5.73. The van der Waals surface area contributed by atoms with Crippen LogP contribution in [0.2, 0.25) is 0 Å². The first kappa shape index (κ1) is 16.5. The summed E-state index contributed by atoms with van der Waals surface area (Å²) < 4.78 is 0. The number of rotatable bonds is 7. The van der Waals surface area contributed by atoms with Gasteiger partial charge in [0, 0.05) is 13.1 Å². The average Bonchev–Trinajstić information content (AvgIpc) is 2.39. The maximum atomic E-state index is 11.5. The number of aliphatic hydroxyl groups is 1.